The zero-order chi connectivity index (χ0) is 17.0. The lowest BCUT2D eigenvalue weighted by molar-refractivity contribution is 0.0925. The third-order valence-electron chi connectivity index (χ3n) is 3.88. The first-order chi connectivity index (χ1) is 10.9. The minimum Gasteiger partial charge on any atom is -0.345 e. The molecule has 2 aromatic carbocycles. The van der Waals surface area contributed by atoms with Crippen LogP contribution >= 0.6 is 23.2 Å². The van der Waals surface area contributed by atoms with Crippen molar-refractivity contribution in [2.75, 3.05) is 0 Å². The molecule has 122 valence electrons. The monoisotopic (exact) mass is 349 g/mol. The van der Waals surface area contributed by atoms with Crippen LogP contribution < -0.4 is 5.32 Å². The minimum absolute atomic E-state index is 0.0529. The maximum atomic E-state index is 12.5. The second-order valence-corrected chi connectivity index (χ2v) is 6.73. The second kappa shape index (κ2) is 7.85. The van der Waals surface area contributed by atoms with Crippen molar-refractivity contribution in [1.29, 1.82) is 0 Å². The fourth-order valence-corrected chi connectivity index (χ4v) is 2.76. The van der Waals surface area contributed by atoms with Crippen LogP contribution in [0.3, 0.4) is 0 Å². The van der Waals surface area contributed by atoms with Crippen molar-refractivity contribution < 1.29 is 4.79 Å². The lowest BCUT2D eigenvalue weighted by Crippen LogP contribution is -2.31. The van der Waals surface area contributed by atoms with Crippen molar-refractivity contribution in [2.45, 2.75) is 33.2 Å². The van der Waals surface area contributed by atoms with Gasteiger partial charge in [0, 0.05) is 5.56 Å². The van der Waals surface area contributed by atoms with Crippen LogP contribution in [-0.4, -0.2) is 5.91 Å². The Balaban J connectivity index is 2.21. The standard InChI is InChI=1S/C19H21Cl2NO/c1-4-13-5-7-14(8-6-13)18(12(2)3)22-19(23)15-9-10-16(20)17(21)11-15/h5-12,18H,4H2,1-3H3,(H,22,23)/t18-/m0/s1. The molecule has 0 fully saturated rings. The van der Waals surface area contributed by atoms with E-state index in [0.717, 1.165) is 12.0 Å². The molecule has 2 aromatic rings. The molecule has 4 heteroatoms. The molecule has 0 aromatic heterocycles. The maximum Gasteiger partial charge on any atom is 0.251 e. The van der Waals surface area contributed by atoms with Gasteiger partial charge in [-0.25, -0.2) is 0 Å². The van der Waals surface area contributed by atoms with Gasteiger partial charge in [-0.15, -0.1) is 0 Å². The van der Waals surface area contributed by atoms with Gasteiger partial charge in [-0.3, -0.25) is 4.79 Å². The minimum atomic E-state index is -0.151. The number of hydrogen-bond acceptors (Lipinski definition) is 1. The summed E-state index contributed by atoms with van der Waals surface area (Å²) < 4.78 is 0. The van der Waals surface area contributed by atoms with Gasteiger partial charge in [-0.1, -0.05) is 68.2 Å². The molecule has 0 spiro atoms. The van der Waals surface area contributed by atoms with Crippen LogP contribution in [0.4, 0.5) is 0 Å². The van der Waals surface area contributed by atoms with E-state index in [1.807, 2.05) is 0 Å². The van der Waals surface area contributed by atoms with Crippen molar-refractivity contribution in [3.63, 3.8) is 0 Å². The number of rotatable bonds is 5. The van der Waals surface area contributed by atoms with Gasteiger partial charge < -0.3 is 5.32 Å². The van der Waals surface area contributed by atoms with E-state index in [4.69, 9.17) is 23.2 Å². The molecule has 0 unspecified atom stereocenters. The van der Waals surface area contributed by atoms with Gasteiger partial charge in [-0.05, 0) is 41.7 Å². The number of benzene rings is 2. The Morgan fingerprint density at radius 3 is 2.22 bits per heavy atom. The van der Waals surface area contributed by atoms with E-state index in [2.05, 4.69) is 50.4 Å². The molecule has 0 aliphatic rings. The summed E-state index contributed by atoms with van der Waals surface area (Å²) in [7, 11) is 0. The summed E-state index contributed by atoms with van der Waals surface area (Å²) in [5, 5.41) is 3.92. The van der Waals surface area contributed by atoms with Crippen LogP contribution in [0.25, 0.3) is 0 Å². The zero-order valence-electron chi connectivity index (χ0n) is 13.6. The summed E-state index contributed by atoms with van der Waals surface area (Å²) in [4.78, 5) is 12.5. The Morgan fingerprint density at radius 1 is 1.04 bits per heavy atom. The first-order valence-corrected chi connectivity index (χ1v) is 8.52. The number of hydrogen-bond donors (Lipinski definition) is 1. The smallest absolute Gasteiger partial charge is 0.251 e. The van der Waals surface area contributed by atoms with Crippen LogP contribution in [0.1, 0.15) is 48.3 Å². The molecule has 0 radical (unpaired) electrons. The molecule has 0 aliphatic carbocycles. The van der Waals surface area contributed by atoms with E-state index in [0.29, 0.717) is 15.6 Å². The highest BCUT2D eigenvalue weighted by Gasteiger charge is 2.19. The van der Waals surface area contributed by atoms with Gasteiger partial charge in [0.1, 0.15) is 0 Å². The second-order valence-electron chi connectivity index (χ2n) is 5.92. The number of amides is 1. The topological polar surface area (TPSA) is 29.1 Å². The molecule has 1 atom stereocenters. The SMILES string of the molecule is CCc1ccc([C@@H](NC(=O)c2ccc(Cl)c(Cl)c2)C(C)C)cc1. The Morgan fingerprint density at radius 2 is 1.70 bits per heavy atom. The summed E-state index contributed by atoms with van der Waals surface area (Å²) in [6.45, 7) is 6.31. The summed E-state index contributed by atoms with van der Waals surface area (Å²) in [6.07, 6.45) is 1.00. The van der Waals surface area contributed by atoms with Gasteiger partial charge in [-0.2, -0.15) is 0 Å². The number of nitrogens with one attached hydrogen (secondary N) is 1. The van der Waals surface area contributed by atoms with Gasteiger partial charge in [0.15, 0.2) is 0 Å². The predicted molar refractivity (Wildman–Crippen MR) is 97.3 cm³/mol. The Kier molecular flexibility index (Phi) is 6.09. The van der Waals surface area contributed by atoms with E-state index in [-0.39, 0.29) is 17.9 Å². The highest BCUT2D eigenvalue weighted by molar-refractivity contribution is 6.42. The van der Waals surface area contributed by atoms with Crippen molar-refractivity contribution in [2.24, 2.45) is 5.92 Å². The Hall–Kier alpha value is -1.51. The summed E-state index contributed by atoms with van der Waals surface area (Å²) in [5.41, 5.74) is 2.90. The van der Waals surface area contributed by atoms with Gasteiger partial charge in [0.25, 0.3) is 5.91 Å². The lowest BCUT2D eigenvalue weighted by Gasteiger charge is -2.23. The number of halogens is 2. The highest BCUT2D eigenvalue weighted by Crippen LogP contribution is 2.25. The average Bonchev–Trinajstić information content (AvgIpc) is 2.54. The van der Waals surface area contributed by atoms with E-state index < -0.39 is 0 Å². The summed E-state index contributed by atoms with van der Waals surface area (Å²) in [5.74, 6) is 0.121. The van der Waals surface area contributed by atoms with Crippen LogP contribution in [0.5, 0.6) is 0 Å². The quantitative estimate of drug-likeness (QED) is 0.738. The van der Waals surface area contributed by atoms with Crippen molar-refractivity contribution in [3.05, 3.63) is 69.2 Å². The van der Waals surface area contributed by atoms with E-state index in [9.17, 15) is 4.79 Å². The molecule has 1 amide bonds. The fourth-order valence-electron chi connectivity index (χ4n) is 2.46. The lowest BCUT2D eigenvalue weighted by atomic mass is 9.94. The van der Waals surface area contributed by atoms with Gasteiger partial charge in [0.2, 0.25) is 0 Å². The molecule has 2 nitrogen and oxygen atoms in total. The zero-order valence-corrected chi connectivity index (χ0v) is 15.1. The molecule has 2 rings (SSSR count). The molecular formula is C19H21Cl2NO. The van der Waals surface area contributed by atoms with E-state index in [1.54, 1.807) is 18.2 Å². The van der Waals surface area contributed by atoms with E-state index >= 15 is 0 Å². The van der Waals surface area contributed by atoms with Crippen LogP contribution in [0.2, 0.25) is 10.0 Å². The van der Waals surface area contributed by atoms with Crippen LogP contribution in [0.15, 0.2) is 42.5 Å². The molecule has 0 saturated heterocycles. The Bertz CT molecular complexity index is 680. The molecule has 0 heterocycles. The number of aryl methyl sites for hydroxylation is 1. The number of carbonyl (C=O) groups excluding carboxylic acids is 1. The van der Waals surface area contributed by atoms with Crippen molar-refractivity contribution >= 4 is 29.1 Å². The predicted octanol–water partition coefficient (Wildman–Crippen LogP) is 5.68. The van der Waals surface area contributed by atoms with E-state index in [1.165, 1.54) is 5.56 Å². The van der Waals surface area contributed by atoms with Gasteiger partial charge >= 0.3 is 0 Å². The molecule has 0 aliphatic heterocycles. The first-order valence-electron chi connectivity index (χ1n) is 7.77. The van der Waals surface area contributed by atoms with Gasteiger partial charge in [0.05, 0.1) is 16.1 Å². The third-order valence-corrected chi connectivity index (χ3v) is 4.62. The normalized spacial score (nSPS) is 12.3. The van der Waals surface area contributed by atoms with Crippen LogP contribution in [-0.2, 0) is 6.42 Å². The highest BCUT2D eigenvalue weighted by atomic mass is 35.5. The average molecular weight is 350 g/mol. The van der Waals surface area contributed by atoms with Crippen molar-refractivity contribution in [3.8, 4) is 0 Å². The van der Waals surface area contributed by atoms with Crippen LogP contribution in [0, 0.1) is 5.92 Å². The molecule has 0 saturated carbocycles. The Labute approximate surface area is 147 Å². The summed E-state index contributed by atoms with van der Waals surface area (Å²) >= 11 is 11.9. The third kappa shape index (κ3) is 4.49. The first kappa shape index (κ1) is 17.8. The summed E-state index contributed by atoms with van der Waals surface area (Å²) in [6, 6.07) is 13.2. The molecule has 1 N–H and O–H groups in total. The van der Waals surface area contributed by atoms with Crippen molar-refractivity contribution in [1.82, 2.24) is 5.32 Å². The molecule has 23 heavy (non-hydrogen) atoms. The fraction of sp³-hybridized carbons (Fsp3) is 0.316. The maximum absolute atomic E-state index is 12.5. The molecular weight excluding hydrogens is 329 g/mol. The largest absolute Gasteiger partial charge is 0.345 e. The number of carbonyl (C=O) groups is 1. The molecule has 0 bridgehead atoms.